The molecule has 3 atom stereocenters. The Morgan fingerprint density at radius 3 is 2.83 bits per heavy atom. The highest BCUT2D eigenvalue weighted by molar-refractivity contribution is 9.10. The van der Waals surface area contributed by atoms with Crippen molar-refractivity contribution in [2.24, 2.45) is 17.6 Å². The molecule has 0 bridgehead atoms. The largest absolute Gasteiger partial charge is 0.325 e. The Bertz CT molecular complexity index is 435. The van der Waals surface area contributed by atoms with E-state index in [1.54, 1.807) is 6.07 Å². The zero-order chi connectivity index (χ0) is 13.3. The second kappa shape index (κ2) is 5.30. The van der Waals surface area contributed by atoms with E-state index in [-0.39, 0.29) is 11.4 Å². The smallest absolute Gasteiger partial charge is 0.137 e. The molecule has 0 heterocycles. The Kier molecular flexibility index (Phi) is 4.12. The van der Waals surface area contributed by atoms with Crippen molar-refractivity contribution in [3.05, 3.63) is 34.1 Å². The molecule has 2 rings (SSSR count). The molecule has 0 amide bonds. The molecule has 1 nitrogen and oxygen atoms in total. The average molecular weight is 314 g/mol. The second-order valence-corrected chi connectivity index (χ2v) is 6.70. The SMILES string of the molecule is CC1CCC(C)C(N)(Cc2cccc(F)c2Br)C1. The van der Waals surface area contributed by atoms with Crippen LogP contribution in [-0.2, 0) is 6.42 Å². The summed E-state index contributed by atoms with van der Waals surface area (Å²) in [5, 5.41) is 0. The van der Waals surface area contributed by atoms with Crippen LogP contribution >= 0.6 is 15.9 Å². The van der Waals surface area contributed by atoms with Gasteiger partial charge in [-0.05, 0) is 58.7 Å². The van der Waals surface area contributed by atoms with Crippen molar-refractivity contribution in [2.75, 3.05) is 0 Å². The lowest BCUT2D eigenvalue weighted by Crippen LogP contribution is -2.51. The Morgan fingerprint density at radius 2 is 2.11 bits per heavy atom. The van der Waals surface area contributed by atoms with Crippen LogP contribution in [0.1, 0.15) is 38.7 Å². The maximum Gasteiger partial charge on any atom is 0.137 e. The first kappa shape index (κ1) is 14.0. The molecule has 1 aromatic rings. The summed E-state index contributed by atoms with van der Waals surface area (Å²) < 4.78 is 14.1. The summed E-state index contributed by atoms with van der Waals surface area (Å²) in [4.78, 5) is 0. The standard InChI is InChI=1S/C15H21BrFN/c1-10-6-7-11(2)15(18,8-10)9-12-4-3-5-13(17)14(12)16/h3-5,10-11H,6-9,18H2,1-2H3. The first-order chi connectivity index (χ1) is 8.42. The van der Waals surface area contributed by atoms with Crippen LogP contribution in [0.15, 0.2) is 22.7 Å². The summed E-state index contributed by atoms with van der Waals surface area (Å²) in [5.74, 6) is 0.954. The van der Waals surface area contributed by atoms with Gasteiger partial charge in [-0.2, -0.15) is 0 Å². The highest BCUT2D eigenvalue weighted by atomic mass is 79.9. The van der Waals surface area contributed by atoms with Gasteiger partial charge in [0.25, 0.3) is 0 Å². The third-order valence-corrected chi connectivity index (χ3v) is 5.24. The summed E-state index contributed by atoms with van der Waals surface area (Å²) in [6, 6.07) is 5.20. The monoisotopic (exact) mass is 313 g/mol. The third-order valence-electron chi connectivity index (χ3n) is 4.35. The molecule has 0 saturated heterocycles. The minimum absolute atomic E-state index is 0.200. The summed E-state index contributed by atoms with van der Waals surface area (Å²) >= 11 is 3.34. The lowest BCUT2D eigenvalue weighted by molar-refractivity contribution is 0.161. The molecule has 0 spiro atoms. The number of rotatable bonds is 2. The van der Waals surface area contributed by atoms with Crippen molar-refractivity contribution in [2.45, 2.75) is 45.1 Å². The number of hydrogen-bond acceptors (Lipinski definition) is 1. The van der Waals surface area contributed by atoms with Crippen LogP contribution in [0.5, 0.6) is 0 Å². The normalized spacial score (nSPS) is 32.5. The molecule has 1 aliphatic carbocycles. The lowest BCUT2D eigenvalue weighted by Gasteiger charge is -2.42. The Morgan fingerprint density at radius 1 is 1.39 bits per heavy atom. The van der Waals surface area contributed by atoms with E-state index in [1.807, 2.05) is 6.07 Å². The van der Waals surface area contributed by atoms with Crippen LogP contribution in [0.3, 0.4) is 0 Å². The first-order valence-electron chi connectivity index (χ1n) is 6.64. The highest BCUT2D eigenvalue weighted by Crippen LogP contribution is 2.38. The Labute approximate surface area is 117 Å². The molecule has 18 heavy (non-hydrogen) atoms. The first-order valence-corrected chi connectivity index (χ1v) is 7.43. The summed E-state index contributed by atoms with van der Waals surface area (Å²) in [5.41, 5.74) is 7.38. The maximum atomic E-state index is 13.5. The van der Waals surface area contributed by atoms with Gasteiger partial charge in [0, 0.05) is 5.54 Å². The van der Waals surface area contributed by atoms with Gasteiger partial charge in [-0.3, -0.25) is 0 Å². The highest BCUT2D eigenvalue weighted by Gasteiger charge is 2.37. The molecule has 0 aliphatic heterocycles. The molecule has 1 fully saturated rings. The molecule has 1 aromatic carbocycles. The molecular weight excluding hydrogens is 293 g/mol. The van der Waals surface area contributed by atoms with Gasteiger partial charge >= 0.3 is 0 Å². The molecule has 1 saturated carbocycles. The fraction of sp³-hybridized carbons (Fsp3) is 0.600. The van der Waals surface area contributed by atoms with Gasteiger partial charge < -0.3 is 5.73 Å². The quantitative estimate of drug-likeness (QED) is 0.866. The van der Waals surface area contributed by atoms with Crippen LogP contribution < -0.4 is 5.73 Å². The Balaban J connectivity index is 2.23. The van der Waals surface area contributed by atoms with Gasteiger partial charge in [-0.25, -0.2) is 4.39 Å². The van der Waals surface area contributed by atoms with E-state index >= 15 is 0 Å². The molecule has 1 aliphatic rings. The van der Waals surface area contributed by atoms with Gasteiger partial charge in [-0.1, -0.05) is 32.4 Å². The topological polar surface area (TPSA) is 26.0 Å². The molecule has 0 aromatic heterocycles. The minimum Gasteiger partial charge on any atom is -0.325 e. The number of benzene rings is 1. The van der Waals surface area contributed by atoms with E-state index in [0.717, 1.165) is 18.4 Å². The fourth-order valence-electron chi connectivity index (χ4n) is 3.06. The molecule has 2 N–H and O–H groups in total. The van der Waals surface area contributed by atoms with Gasteiger partial charge in [0.1, 0.15) is 5.82 Å². The number of nitrogens with two attached hydrogens (primary N) is 1. The summed E-state index contributed by atoms with van der Waals surface area (Å²) in [7, 11) is 0. The van der Waals surface area contributed by atoms with Crippen LogP contribution in [0.25, 0.3) is 0 Å². The van der Waals surface area contributed by atoms with Crippen LogP contribution in [-0.4, -0.2) is 5.54 Å². The number of halogens is 2. The predicted molar refractivity (Wildman–Crippen MR) is 76.9 cm³/mol. The molecule has 0 radical (unpaired) electrons. The van der Waals surface area contributed by atoms with Crippen LogP contribution in [0.2, 0.25) is 0 Å². The van der Waals surface area contributed by atoms with E-state index in [4.69, 9.17) is 5.73 Å². The van der Waals surface area contributed by atoms with E-state index in [0.29, 0.717) is 16.3 Å². The third kappa shape index (κ3) is 2.77. The molecule has 3 unspecified atom stereocenters. The van der Waals surface area contributed by atoms with Crippen LogP contribution in [0.4, 0.5) is 4.39 Å². The zero-order valence-corrected chi connectivity index (χ0v) is 12.6. The van der Waals surface area contributed by atoms with Gasteiger partial charge in [0.05, 0.1) is 4.47 Å². The van der Waals surface area contributed by atoms with Gasteiger partial charge in [0.15, 0.2) is 0 Å². The molecular formula is C15H21BrFN. The summed E-state index contributed by atoms with van der Waals surface area (Å²) in [6.45, 7) is 4.48. The predicted octanol–water partition coefficient (Wildman–Crippen LogP) is 4.28. The van der Waals surface area contributed by atoms with E-state index in [9.17, 15) is 4.39 Å². The van der Waals surface area contributed by atoms with Crippen molar-refractivity contribution in [3.8, 4) is 0 Å². The van der Waals surface area contributed by atoms with Crippen LogP contribution in [0, 0.1) is 17.7 Å². The second-order valence-electron chi connectivity index (χ2n) is 5.91. The van der Waals surface area contributed by atoms with Gasteiger partial charge in [0.2, 0.25) is 0 Å². The maximum absolute atomic E-state index is 13.5. The van der Waals surface area contributed by atoms with E-state index < -0.39 is 0 Å². The molecule has 100 valence electrons. The number of hydrogen-bond donors (Lipinski definition) is 1. The van der Waals surface area contributed by atoms with Crippen molar-refractivity contribution in [3.63, 3.8) is 0 Å². The van der Waals surface area contributed by atoms with E-state index in [1.165, 1.54) is 18.9 Å². The Hall–Kier alpha value is -0.410. The summed E-state index contributed by atoms with van der Waals surface area (Å²) in [6.07, 6.45) is 4.20. The van der Waals surface area contributed by atoms with Crippen molar-refractivity contribution in [1.29, 1.82) is 0 Å². The van der Waals surface area contributed by atoms with Crippen molar-refractivity contribution in [1.82, 2.24) is 0 Å². The molecule has 3 heteroatoms. The lowest BCUT2D eigenvalue weighted by atomic mass is 9.68. The minimum atomic E-state index is -0.201. The van der Waals surface area contributed by atoms with E-state index in [2.05, 4.69) is 29.8 Å². The average Bonchev–Trinajstić information content (AvgIpc) is 2.30. The van der Waals surface area contributed by atoms with Crippen molar-refractivity contribution >= 4 is 15.9 Å². The fourth-order valence-corrected chi connectivity index (χ4v) is 3.46. The van der Waals surface area contributed by atoms with Gasteiger partial charge in [-0.15, -0.1) is 0 Å². The van der Waals surface area contributed by atoms with Crippen molar-refractivity contribution < 1.29 is 4.39 Å². The zero-order valence-electron chi connectivity index (χ0n) is 11.0.